The zero-order valence-electron chi connectivity index (χ0n) is 16.3. The summed E-state index contributed by atoms with van der Waals surface area (Å²) in [6.07, 6.45) is 5.91. The Bertz CT molecular complexity index is 788. The summed E-state index contributed by atoms with van der Waals surface area (Å²) in [5.41, 5.74) is 1.87. The number of aryl methyl sites for hydroxylation is 1. The minimum Gasteiger partial charge on any atom is -0.466 e. The fraction of sp³-hybridized carbons (Fsp3) is 0.545. The van der Waals surface area contributed by atoms with Crippen LogP contribution in [0.15, 0.2) is 42.6 Å². The van der Waals surface area contributed by atoms with Crippen molar-refractivity contribution in [1.29, 1.82) is 0 Å². The molecule has 2 aliphatic heterocycles. The molecular formula is C22H29N3O2. The van der Waals surface area contributed by atoms with Crippen molar-refractivity contribution in [1.82, 2.24) is 14.7 Å². The predicted molar refractivity (Wildman–Crippen MR) is 104 cm³/mol. The minimum absolute atomic E-state index is 0.0230. The third-order valence-corrected chi connectivity index (χ3v) is 6.29. The van der Waals surface area contributed by atoms with Gasteiger partial charge < -0.3 is 4.74 Å². The van der Waals surface area contributed by atoms with Crippen LogP contribution in [0.1, 0.15) is 44.4 Å². The number of benzene rings is 1. The van der Waals surface area contributed by atoms with Crippen LogP contribution >= 0.6 is 0 Å². The second kappa shape index (κ2) is 7.47. The van der Waals surface area contributed by atoms with E-state index in [9.17, 15) is 4.79 Å². The molecule has 0 radical (unpaired) electrons. The van der Waals surface area contributed by atoms with Gasteiger partial charge in [-0.1, -0.05) is 30.3 Å². The summed E-state index contributed by atoms with van der Waals surface area (Å²) in [6, 6.07) is 13.2. The highest BCUT2D eigenvalue weighted by Gasteiger charge is 2.60. The zero-order valence-corrected chi connectivity index (χ0v) is 16.3. The number of ether oxygens (including phenoxy) is 1. The lowest BCUT2D eigenvalue weighted by atomic mass is 9.70. The highest BCUT2D eigenvalue weighted by molar-refractivity contribution is 5.79. The lowest BCUT2D eigenvalue weighted by Gasteiger charge is -2.35. The maximum Gasteiger partial charge on any atom is 0.314 e. The summed E-state index contributed by atoms with van der Waals surface area (Å²) >= 11 is 0. The molecule has 0 unspecified atom stereocenters. The number of esters is 1. The molecule has 1 aromatic carbocycles. The summed E-state index contributed by atoms with van der Waals surface area (Å²) < 4.78 is 7.56. The third kappa shape index (κ3) is 3.29. The molecule has 2 bridgehead atoms. The van der Waals surface area contributed by atoms with Crippen molar-refractivity contribution in [2.24, 2.45) is 5.41 Å². The standard InChI is InChI=1S/C22H29N3O2/c1-3-24-13-12-18(23-24)16-25-19-10-11-20(25)22(15-19,21(26)27-4-2)14-17-8-6-5-7-9-17/h5-9,12-13,19-20H,3-4,10-11,14-16H2,1-2H3/t19-,20+,22+/m1/s1. The van der Waals surface area contributed by atoms with Crippen molar-refractivity contribution in [2.75, 3.05) is 6.61 Å². The molecule has 144 valence electrons. The Balaban J connectivity index is 1.61. The fourth-order valence-electron chi connectivity index (χ4n) is 5.11. The Kier molecular flexibility index (Phi) is 5.04. The molecule has 0 amide bonds. The van der Waals surface area contributed by atoms with E-state index in [2.05, 4.69) is 47.3 Å². The fourth-order valence-corrected chi connectivity index (χ4v) is 5.11. The molecule has 2 fully saturated rings. The number of nitrogens with zero attached hydrogens (tertiary/aromatic N) is 3. The topological polar surface area (TPSA) is 47.4 Å². The maximum atomic E-state index is 13.1. The molecule has 2 saturated heterocycles. The first-order chi connectivity index (χ1) is 13.2. The van der Waals surface area contributed by atoms with Gasteiger partial charge in [0.05, 0.1) is 17.7 Å². The van der Waals surface area contributed by atoms with E-state index in [0.717, 1.165) is 44.5 Å². The van der Waals surface area contributed by atoms with E-state index in [1.54, 1.807) is 0 Å². The molecule has 2 aromatic rings. The second-order valence-electron chi connectivity index (χ2n) is 7.83. The number of hydrogen-bond acceptors (Lipinski definition) is 4. The van der Waals surface area contributed by atoms with Gasteiger partial charge in [-0.2, -0.15) is 5.10 Å². The molecule has 0 saturated carbocycles. The average molecular weight is 367 g/mol. The number of hydrogen-bond donors (Lipinski definition) is 0. The smallest absolute Gasteiger partial charge is 0.314 e. The molecule has 0 aliphatic carbocycles. The van der Waals surface area contributed by atoms with Gasteiger partial charge in [0.2, 0.25) is 0 Å². The molecule has 27 heavy (non-hydrogen) atoms. The largest absolute Gasteiger partial charge is 0.466 e. The van der Waals surface area contributed by atoms with Gasteiger partial charge in [-0.3, -0.25) is 14.4 Å². The van der Waals surface area contributed by atoms with Gasteiger partial charge in [-0.05, 0) is 51.2 Å². The van der Waals surface area contributed by atoms with Crippen molar-refractivity contribution >= 4 is 5.97 Å². The van der Waals surface area contributed by atoms with Gasteiger partial charge in [0.25, 0.3) is 0 Å². The van der Waals surface area contributed by atoms with Crippen LogP contribution < -0.4 is 0 Å². The van der Waals surface area contributed by atoms with Crippen molar-refractivity contribution in [2.45, 2.75) is 64.7 Å². The Morgan fingerprint density at radius 1 is 1.22 bits per heavy atom. The molecule has 4 rings (SSSR count). The highest BCUT2D eigenvalue weighted by Crippen LogP contribution is 2.52. The van der Waals surface area contributed by atoms with Gasteiger partial charge in [0.15, 0.2) is 0 Å². The van der Waals surface area contributed by atoms with Gasteiger partial charge in [-0.25, -0.2) is 0 Å². The van der Waals surface area contributed by atoms with Crippen molar-refractivity contribution in [3.05, 3.63) is 53.9 Å². The molecule has 5 nitrogen and oxygen atoms in total. The van der Waals surface area contributed by atoms with Gasteiger partial charge in [-0.15, -0.1) is 0 Å². The Morgan fingerprint density at radius 3 is 2.74 bits per heavy atom. The van der Waals surface area contributed by atoms with E-state index in [1.165, 1.54) is 5.56 Å². The van der Waals surface area contributed by atoms with E-state index >= 15 is 0 Å². The van der Waals surface area contributed by atoms with E-state index in [4.69, 9.17) is 4.74 Å². The first-order valence-corrected chi connectivity index (χ1v) is 10.2. The minimum atomic E-state index is -0.437. The monoisotopic (exact) mass is 367 g/mol. The third-order valence-electron chi connectivity index (χ3n) is 6.29. The summed E-state index contributed by atoms with van der Waals surface area (Å²) in [5.74, 6) is -0.0230. The first kappa shape index (κ1) is 18.2. The number of carbonyl (C=O) groups excluding carboxylic acids is 1. The van der Waals surface area contributed by atoms with Gasteiger partial charge in [0.1, 0.15) is 0 Å². The lowest BCUT2D eigenvalue weighted by molar-refractivity contribution is -0.157. The van der Waals surface area contributed by atoms with Gasteiger partial charge in [0, 0.05) is 31.4 Å². The summed E-state index contributed by atoms with van der Waals surface area (Å²) in [4.78, 5) is 15.7. The van der Waals surface area contributed by atoms with Crippen LogP contribution in [0.2, 0.25) is 0 Å². The Labute approximate surface area is 161 Å². The first-order valence-electron chi connectivity index (χ1n) is 10.2. The second-order valence-corrected chi connectivity index (χ2v) is 7.83. The van der Waals surface area contributed by atoms with Crippen LogP contribution in [0.5, 0.6) is 0 Å². The lowest BCUT2D eigenvalue weighted by Crippen LogP contribution is -2.46. The van der Waals surface area contributed by atoms with Crippen LogP contribution in [-0.2, 0) is 29.0 Å². The summed E-state index contributed by atoms with van der Waals surface area (Å²) in [6.45, 7) is 6.14. The maximum absolute atomic E-state index is 13.1. The summed E-state index contributed by atoms with van der Waals surface area (Å²) in [7, 11) is 0. The number of carbonyl (C=O) groups is 1. The normalized spacial score (nSPS) is 27.2. The average Bonchev–Trinajstić information content (AvgIpc) is 3.37. The van der Waals surface area contributed by atoms with E-state index in [0.29, 0.717) is 12.6 Å². The zero-order chi connectivity index (χ0) is 18.9. The van der Waals surface area contributed by atoms with Crippen molar-refractivity contribution in [3.8, 4) is 0 Å². The number of fused-ring (bicyclic) bond motifs is 2. The van der Waals surface area contributed by atoms with E-state index < -0.39 is 5.41 Å². The number of rotatable bonds is 7. The van der Waals surface area contributed by atoms with Gasteiger partial charge >= 0.3 is 5.97 Å². The molecule has 3 heterocycles. The molecular weight excluding hydrogens is 338 g/mol. The van der Waals surface area contributed by atoms with E-state index in [-0.39, 0.29) is 12.0 Å². The molecule has 1 aromatic heterocycles. The van der Waals surface area contributed by atoms with Crippen molar-refractivity contribution in [3.63, 3.8) is 0 Å². The van der Waals surface area contributed by atoms with E-state index in [1.807, 2.05) is 23.9 Å². The highest BCUT2D eigenvalue weighted by atomic mass is 16.5. The molecule has 0 spiro atoms. The van der Waals surface area contributed by atoms with Crippen LogP contribution in [0.25, 0.3) is 0 Å². The SMILES string of the molecule is CCOC(=O)[C@@]1(Cc2ccccc2)C[C@H]2CC[C@@H]1N2Cc1ccn(CC)n1. The van der Waals surface area contributed by atoms with Crippen LogP contribution in [0, 0.1) is 5.41 Å². The Morgan fingerprint density at radius 2 is 2.04 bits per heavy atom. The summed E-state index contributed by atoms with van der Waals surface area (Å²) in [5, 5.41) is 4.66. The molecule has 3 atom stereocenters. The molecule has 5 heteroatoms. The quantitative estimate of drug-likeness (QED) is 0.704. The van der Waals surface area contributed by atoms with Crippen LogP contribution in [0.4, 0.5) is 0 Å². The van der Waals surface area contributed by atoms with Crippen LogP contribution in [-0.4, -0.2) is 39.3 Å². The Hall–Kier alpha value is -2.14. The van der Waals surface area contributed by atoms with Crippen LogP contribution in [0.3, 0.4) is 0 Å². The van der Waals surface area contributed by atoms with Crippen molar-refractivity contribution < 1.29 is 9.53 Å². The molecule has 0 N–H and O–H groups in total. The molecule has 2 aliphatic rings. The number of aromatic nitrogens is 2. The predicted octanol–water partition coefficient (Wildman–Crippen LogP) is 3.43.